The molecule has 2 heterocycles. The van der Waals surface area contributed by atoms with Crippen LogP contribution in [0.4, 0.5) is 5.82 Å². The second-order valence-corrected chi connectivity index (χ2v) is 10.2. The number of rotatable bonds is 5. The molecule has 1 aromatic heterocycles. The Bertz CT molecular complexity index is 1160. The number of nitrogens with zero attached hydrogens (tertiary/aromatic N) is 4. The minimum atomic E-state index is -3.66. The summed E-state index contributed by atoms with van der Waals surface area (Å²) in [5, 5.41) is 8.72. The van der Waals surface area contributed by atoms with Gasteiger partial charge in [-0.25, -0.2) is 8.42 Å². The molecule has 1 saturated heterocycles. The maximum absolute atomic E-state index is 13.2. The quantitative estimate of drug-likeness (QED) is 0.528. The molecule has 0 spiro atoms. The Morgan fingerprint density at radius 3 is 2.26 bits per heavy atom. The van der Waals surface area contributed by atoms with Crippen molar-refractivity contribution in [1.82, 2.24) is 14.5 Å². The lowest BCUT2D eigenvalue weighted by atomic mass is 10.1. The van der Waals surface area contributed by atoms with Gasteiger partial charge in [-0.05, 0) is 37.3 Å². The fraction of sp³-hybridized carbons (Fsp3) is 0.273. The van der Waals surface area contributed by atoms with Gasteiger partial charge in [0.05, 0.1) is 12.8 Å². The van der Waals surface area contributed by atoms with E-state index in [0.717, 1.165) is 17.1 Å². The lowest BCUT2D eigenvalue weighted by Crippen LogP contribution is -2.49. The van der Waals surface area contributed by atoms with Gasteiger partial charge < -0.3 is 9.64 Å². The Morgan fingerprint density at radius 2 is 1.65 bits per heavy atom. The van der Waals surface area contributed by atoms with Gasteiger partial charge in [-0.3, -0.25) is 0 Å². The van der Waals surface area contributed by atoms with Gasteiger partial charge in [0.2, 0.25) is 10.0 Å². The summed E-state index contributed by atoms with van der Waals surface area (Å²) in [6.45, 7) is 3.84. The summed E-state index contributed by atoms with van der Waals surface area (Å²) >= 11 is 3.35. The highest BCUT2D eigenvalue weighted by atomic mass is 79.9. The number of piperazine rings is 1. The van der Waals surface area contributed by atoms with Crippen LogP contribution in [0, 0.1) is 6.92 Å². The molecule has 0 radical (unpaired) electrons. The predicted octanol–water partition coefficient (Wildman–Crippen LogP) is 3.73. The zero-order chi connectivity index (χ0) is 22.0. The SMILES string of the molecule is COc1ccc(Br)cc1S(=O)(=O)N1CCN(c2ccc(-c3ccc(C)cc3)nn2)CC1. The van der Waals surface area contributed by atoms with Crippen LogP contribution < -0.4 is 9.64 Å². The fourth-order valence-corrected chi connectivity index (χ4v) is 5.64. The van der Waals surface area contributed by atoms with E-state index in [1.165, 1.54) is 17.0 Å². The molecule has 3 aromatic rings. The van der Waals surface area contributed by atoms with E-state index in [0.29, 0.717) is 36.4 Å². The van der Waals surface area contributed by atoms with Crippen LogP contribution in [0.1, 0.15) is 5.56 Å². The number of hydrogen-bond donors (Lipinski definition) is 0. The van der Waals surface area contributed by atoms with Crippen molar-refractivity contribution < 1.29 is 13.2 Å². The summed E-state index contributed by atoms with van der Waals surface area (Å²) in [4.78, 5) is 2.22. The maximum atomic E-state index is 13.2. The van der Waals surface area contributed by atoms with E-state index in [1.54, 1.807) is 18.2 Å². The van der Waals surface area contributed by atoms with Crippen LogP contribution in [0.5, 0.6) is 5.75 Å². The molecule has 1 fully saturated rings. The van der Waals surface area contributed by atoms with E-state index in [2.05, 4.69) is 31.0 Å². The molecule has 1 aliphatic rings. The molecule has 4 rings (SSSR count). The van der Waals surface area contributed by atoms with Gasteiger partial charge in [-0.15, -0.1) is 10.2 Å². The number of anilines is 1. The van der Waals surface area contributed by atoms with Crippen molar-refractivity contribution >= 4 is 31.8 Å². The molecule has 0 atom stereocenters. The van der Waals surface area contributed by atoms with Crippen LogP contribution in [0.2, 0.25) is 0 Å². The van der Waals surface area contributed by atoms with Gasteiger partial charge in [0.1, 0.15) is 10.6 Å². The predicted molar refractivity (Wildman–Crippen MR) is 124 cm³/mol. The summed E-state index contributed by atoms with van der Waals surface area (Å²) in [5.41, 5.74) is 3.02. The van der Waals surface area contributed by atoms with Gasteiger partial charge in [-0.2, -0.15) is 4.31 Å². The molecule has 0 aliphatic carbocycles. The highest BCUT2D eigenvalue weighted by Gasteiger charge is 2.31. The van der Waals surface area contributed by atoms with Gasteiger partial charge in [0.25, 0.3) is 0 Å². The number of hydrogen-bond acceptors (Lipinski definition) is 6. The third-order valence-corrected chi connectivity index (χ3v) is 7.72. The normalized spacial score (nSPS) is 15.1. The standard InChI is InChI=1S/C22H23BrN4O3S/c1-16-3-5-17(6-4-16)19-8-10-22(25-24-19)26-11-13-27(14-12-26)31(28,29)21-15-18(23)7-9-20(21)30-2/h3-10,15H,11-14H2,1-2H3. The first kappa shape index (κ1) is 21.7. The van der Waals surface area contributed by atoms with E-state index >= 15 is 0 Å². The molecule has 162 valence electrons. The zero-order valence-corrected chi connectivity index (χ0v) is 19.7. The number of benzene rings is 2. The molecular weight excluding hydrogens is 480 g/mol. The van der Waals surface area contributed by atoms with Crippen molar-refractivity contribution in [3.8, 4) is 17.0 Å². The second kappa shape index (κ2) is 8.94. The highest BCUT2D eigenvalue weighted by Crippen LogP contribution is 2.30. The Balaban J connectivity index is 1.46. The molecule has 31 heavy (non-hydrogen) atoms. The number of ether oxygens (including phenoxy) is 1. The average molecular weight is 503 g/mol. The molecule has 0 N–H and O–H groups in total. The third-order valence-electron chi connectivity index (χ3n) is 5.30. The minimum absolute atomic E-state index is 0.167. The molecule has 2 aromatic carbocycles. The van der Waals surface area contributed by atoms with Crippen LogP contribution in [-0.4, -0.2) is 56.2 Å². The molecule has 0 unspecified atom stereocenters. The smallest absolute Gasteiger partial charge is 0.246 e. The number of methoxy groups -OCH3 is 1. The lowest BCUT2D eigenvalue weighted by Gasteiger charge is -2.34. The number of aromatic nitrogens is 2. The van der Waals surface area contributed by atoms with Crippen molar-refractivity contribution in [2.75, 3.05) is 38.2 Å². The first-order valence-corrected chi connectivity index (χ1v) is 12.1. The summed E-state index contributed by atoms with van der Waals surface area (Å²) in [6.07, 6.45) is 0. The first-order valence-electron chi connectivity index (χ1n) is 9.88. The Kier molecular flexibility index (Phi) is 6.27. The topological polar surface area (TPSA) is 75.6 Å². The van der Waals surface area contributed by atoms with Crippen molar-refractivity contribution in [2.24, 2.45) is 0 Å². The zero-order valence-electron chi connectivity index (χ0n) is 17.3. The lowest BCUT2D eigenvalue weighted by molar-refractivity contribution is 0.373. The number of halogens is 1. The van der Waals surface area contributed by atoms with Crippen LogP contribution in [0.3, 0.4) is 0 Å². The average Bonchev–Trinajstić information content (AvgIpc) is 2.80. The van der Waals surface area contributed by atoms with Crippen molar-refractivity contribution in [3.63, 3.8) is 0 Å². The van der Waals surface area contributed by atoms with Crippen molar-refractivity contribution in [1.29, 1.82) is 0 Å². The molecule has 9 heteroatoms. The Labute approximate surface area is 190 Å². The van der Waals surface area contributed by atoms with E-state index < -0.39 is 10.0 Å². The maximum Gasteiger partial charge on any atom is 0.246 e. The van der Waals surface area contributed by atoms with Crippen LogP contribution in [0.15, 0.2) is 64.0 Å². The van der Waals surface area contributed by atoms with Crippen LogP contribution in [0.25, 0.3) is 11.3 Å². The largest absolute Gasteiger partial charge is 0.495 e. The Hall–Kier alpha value is -2.49. The Morgan fingerprint density at radius 1 is 0.935 bits per heavy atom. The third kappa shape index (κ3) is 4.58. The summed E-state index contributed by atoms with van der Waals surface area (Å²) < 4.78 is 33.8. The molecule has 0 bridgehead atoms. The van der Waals surface area contributed by atoms with E-state index in [4.69, 9.17) is 4.74 Å². The van der Waals surface area contributed by atoms with Crippen LogP contribution in [-0.2, 0) is 10.0 Å². The summed E-state index contributed by atoms with van der Waals surface area (Å²) in [5.74, 6) is 1.08. The number of sulfonamides is 1. The van der Waals surface area contributed by atoms with Gasteiger partial charge in [0, 0.05) is 36.2 Å². The van der Waals surface area contributed by atoms with Gasteiger partial charge in [-0.1, -0.05) is 45.8 Å². The molecule has 0 amide bonds. The van der Waals surface area contributed by atoms with Gasteiger partial charge >= 0.3 is 0 Å². The molecular formula is C22H23BrN4O3S. The van der Waals surface area contributed by atoms with E-state index in [1.807, 2.05) is 43.3 Å². The number of aryl methyl sites for hydroxylation is 1. The monoisotopic (exact) mass is 502 g/mol. The summed E-state index contributed by atoms with van der Waals surface area (Å²) in [6, 6.07) is 17.0. The highest BCUT2D eigenvalue weighted by molar-refractivity contribution is 9.10. The van der Waals surface area contributed by atoms with E-state index in [-0.39, 0.29) is 4.90 Å². The fourth-order valence-electron chi connectivity index (χ4n) is 3.52. The van der Waals surface area contributed by atoms with Crippen LogP contribution >= 0.6 is 15.9 Å². The molecule has 1 aliphatic heterocycles. The van der Waals surface area contributed by atoms with Crippen molar-refractivity contribution in [3.05, 3.63) is 64.6 Å². The van der Waals surface area contributed by atoms with E-state index in [9.17, 15) is 8.42 Å². The first-order chi connectivity index (χ1) is 14.9. The molecule has 0 saturated carbocycles. The second-order valence-electron chi connectivity index (χ2n) is 7.33. The summed E-state index contributed by atoms with van der Waals surface area (Å²) in [7, 11) is -2.19. The van der Waals surface area contributed by atoms with Gasteiger partial charge in [0.15, 0.2) is 5.82 Å². The van der Waals surface area contributed by atoms with Crippen molar-refractivity contribution in [2.45, 2.75) is 11.8 Å². The minimum Gasteiger partial charge on any atom is -0.495 e. The molecule has 7 nitrogen and oxygen atoms in total.